The number of carbonyl (C=O) groups is 2. The fourth-order valence-electron chi connectivity index (χ4n) is 5.28. The summed E-state index contributed by atoms with van der Waals surface area (Å²) in [7, 11) is 0. The summed E-state index contributed by atoms with van der Waals surface area (Å²) >= 11 is 0. The van der Waals surface area contributed by atoms with Crippen LogP contribution in [0.3, 0.4) is 0 Å². The number of aliphatic carboxylic acids is 1. The number of hydrogen-bond donors (Lipinski definition) is 2. The molecule has 12 nitrogen and oxygen atoms in total. The lowest BCUT2D eigenvalue weighted by atomic mass is 10.1. The average molecular weight is 558 g/mol. The highest BCUT2D eigenvalue weighted by atomic mass is 16.6. The van der Waals surface area contributed by atoms with Crippen molar-refractivity contribution in [2.45, 2.75) is 18.9 Å². The highest BCUT2D eigenvalue weighted by Gasteiger charge is 2.27. The summed E-state index contributed by atoms with van der Waals surface area (Å²) in [6, 6.07) is 16.3. The van der Waals surface area contributed by atoms with Gasteiger partial charge < -0.3 is 19.5 Å². The Bertz CT molecular complexity index is 1510. The van der Waals surface area contributed by atoms with Gasteiger partial charge in [0.15, 0.2) is 11.5 Å². The number of ether oxygens (including phenoxy) is 2. The molecule has 0 saturated carbocycles. The molecule has 2 saturated heterocycles. The van der Waals surface area contributed by atoms with E-state index in [-0.39, 0.29) is 12.6 Å². The summed E-state index contributed by atoms with van der Waals surface area (Å²) in [5, 5.41) is 17.5. The highest BCUT2D eigenvalue weighted by molar-refractivity contribution is 5.89. The number of fused-ring (bicyclic) bond motifs is 1. The summed E-state index contributed by atoms with van der Waals surface area (Å²) in [6.45, 7) is 4.11. The van der Waals surface area contributed by atoms with Crippen molar-refractivity contribution >= 4 is 34.6 Å². The average Bonchev–Trinajstić information content (AvgIpc) is 3.42. The van der Waals surface area contributed by atoms with Gasteiger partial charge in [-0.1, -0.05) is 18.2 Å². The maximum atomic E-state index is 12.3. The number of carbonyl (C=O) groups excluding carboxylic acids is 1. The SMILES string of the molecule is O=C(O)CN1CCC(n2ncc3c(N4CCOCC4)nc(-c4ccc(NC(=O)Oc5ccccc5)cc4)nc32)CC1. The van der Waals surface area contributed by atoms with Gasteiger partial charge in [-0.15, -0.1) is 0 Å². The molecule has 4 aromatic rings. The minimum atomic E-state index is -0.810. The zero-order valence-corrected chi connectivity index (χ0v) is 22.5. The molecule has 0 atom stereocenters. The van der Waals surface area contributed by atoms with Gasteiger partial charge in [0, 0.05) is 37.4 Å². The van der Waals surface area contributed by atoms with Gasteiger partial charge in [0.25, 0.3) is 0 Å². The van der Waals surface area contributed by atoms with Crippen LogP contribution in [0.4, 0.5) is 16.3 Å². The number of rotatable bonds is 7. The number of benzene rings is 2. The zero-order valence-electron chi connectivity index (χ0n) is 22.5. The predicted molar refractivity (Wildman–Crippen MR) is 152 cm³/mol. The number of piperidine rings is 1. The topological polar surface area (TPSA) is 135 Å². The van der Waals surface area contributed by atoms with Gasteiger partial charge >= 0.3 is 12.1 Å². The quantitative estimate of drug-likeness (QED) is 0.347. The van der Waals surface area contributed by atoms with Crippen molar-refractivity contribution in [3.63, 3.8) is 0 Å². The second kappa shape index (κ2) is 11.9. The van der Waals surface area contributed by atoms with Crippen LogP contribution in [0, 0.1) is 0 Å². The molecule has 0 spiro atoms. The molecule has 2 N–H and O–H groups in total. The fraction of sp³-hybridized carbons (Fsp3) is 0.345. The van der Waals surface area contributed by atoms with E-state index in [4.69, 9.17) is 29.6 Å². The van der Waals surface area contributed by atoms with Gasteiger partial charge in [-0.3, -0.25) is 15.0 Å². The van der Waals surface area contributed by atoms with Crippen LogP contribution in [0.25, 0.3) is 22.4 Å². The Morgan fingerprint density at radius 1 is 0.976 bits per heavy atom. The lowest BCUT2D eigenvalue weighted by molar-refractivity contribution is -0.138. The Morgan fingerprint density at radius 3 is 2.41 bits per heavy atom. The Labute approximate surface area is 236 Å². The number of carboxylic acid groups (broad SMARTS) is 1. The Kier molecular flexibility index (Phi) is 7.74. The van der Waals surface area contributed by atoms with Crippen LogP contribution in [0.5, 0.6) is 5.75 Å². The van der Waals surface area contributed by atoms with Crippen LogP contribution >= 0.6 is 0 Å². The second-order valence-corrected chi connectivity index (χ2v) is 10.1. The molecular formula is C29H31N7O5. The molecule has 0 aliphatic carbocycles. The van der Waals surface area contributed by atoms with Gasteiger partial charge in [-0.2, -0.15) is 5.10 Å². The number of aromatic nitrogens is 4. The molecule has 1 amide bonds. The van der Waals surface area contributed by atoms with Crippen LogP contribution in [0.1, 0.15) is 18.9 Å². The summed E-state index contributed by atoms with van der Waals surface area (Å²) in [5.74, 6) is 1.02. The van der Waals surface area contributed by atoms with Crippen molar-refractivity contribution in [2.24, 2.45) is 0 Å². The van der Waals surface area contributed by atoms with Crippen LogP contribution in [0.2, 0.25) is 0 Å². The molecule has 212 valence electrons. The van der Waals surface area contributed by atoms with Crippen LogP contribution < -0.4 is 15.0 Å². The van der Waals surface area contributed by atoms with Crippen LogP contribution in [-0.4, -0.2) is 87.8 Å². The van der Waals surface area contributed by atoms with E-state index in [1.54, 1.807) is 36.4 Å². The van der Waals surface area contributed by atoms with Gasteiger partial charge in [-0.25, -0.2) is 19.4 Å². The van der Waals surface area contributed by atoms with Crippen LogP contribution in [0.15, 0.2) is 60.8 Å². The molecule has 6 rings (SSSR count). The third-order valence-electron chi connectivity index (χ3n) is 7.35. The van der Waals surface area contributed by atoms with E-state index in [2.05, 4.69) is 10.2 Å². The predicted octanol–water partition coefficient (Wildman–Crippen LogP) is 3.66. The number of morpholine rings is 1. The maximum absolute atomic E-state index is 12.3. The van der Waals surface area contributed by atoms with E-state index in [1.807, 2.05) is 34.0 Å². The number of para-hydroxylation sites is 1. The largest absolute Gasteiger partial charge is 0.480 e. The van der Waals surface area contributed by atoms with E-state index >= 15 is 0 Å². The van der Waals surface area contributed by atoms with Crippen molar-refractivity contribution in [3.8, 4) is 17.1 Å². The lowest BCUT2D eigenvalue weighted by Crippen LogP contribution is -2.38. The first-order valence-electron chi connectivity index (χ1n) is 13.7. The highest BCUT2D eigenvalue weighted by Crippen LogP contribution is 2.32. The van der Waals surface area contributed by atoms with Gasteiger partial charge in [0.1, 0.15) is 11.6 Å². The Morgan fingerprint density at radius 2 is 1.71 bits per heavy atom. The fourth-order valence-corrected chi connectivity index (χ4v) is 5.28. The number of hydrogen-bond acceptors (Lipinski definition) is 9. The minimum Gasteiger partial charge on any atom is -0.480 e. The molecule has 2 fully saturated rings. The normalized spacial score (nSPS) is 16.5. The molecule has 2 aromatic heterocycles. The standard InChI is InChI=1S/C29H31N7O5/c37-25(38)19-34-12-10-22(11-13-34)36-28-24(18-30-36)27(35-14-16-40-17-15-35)32-26(33-28)20-6-8-21(9-7-20)31-29(39)41-23-4-2-1-3-5-23/h1-9,18,22H,10-17,19H2,(H,31,39)(H,37,38). The molecule has 2 aliphatic heterocycles. The number of carboxylic acids is 1. The van der Waals surface area contributed by atoms with E-state index in [0.717, 1.165) is 48.3 Å². The van der Waals surface area contributed by atoms with E-state index < -0.39 is 12.1 Å². The van der Waals surface area contributed by atoms with Gasteiger partial charge in [-0.05, 0) is 49.2 Å². The molecule has 2 aromatic carbocycles. The molecule has 0 unspecified atom stereocenters. The van der Waals surface area contributed by atoms with E-state index in [0.29, 0.717) is 43.6 Å². The second-order valence-electron chi connectivity index (χ2n) is 10.1. The summed E-state index contributed by atoms with van der Waals surface area (Å²) < 4.78 is 12.9. The van der Waals surface area contributed by atoms with E-state index in [1.165, 1.54) is 0 Å². The first-order chi connectivity index (χ1) is 20.0. The lowest BCUT2D eigenvalue weighted by Gasteiger charge is -2.31. The van der Waals surface area contributed by atoms with Crippen molar-refractivity contribution < 1.29 is 24.2 Å². The molecule has 2 aliphatic rings. The van der Waals surface area contributed by atoms with Crippen molar-refractivity contribution in [1.82, 2.24) is 24.6 Å². The zero-order chi connectivity index (χ0) is 28.2. The van der Waals surface area contributed by atoms with E-state index in [9.17, 15) is 9.59 Å². The maximum Gasteiger partial charge on any atom is 0.417 e. The molecule has 0 radical (unpaired) electrons. The summed E-state index contributed by atoms with van der Waals surface area (Å²) in [6.07, 6.45) is 2.83. The number of amides is 1. The first kappa shape index (κ1) is 26.7. The Balaban J connectivity index is 1.26. The van der Waals surface area contributed by atoms with Crippen molar-refractivity contribution in [1.29, 1.82) is 0 Å². The number of likely N-dealkylation sites (tertiary alicyclic amines) is 1. The van der Waals surface area contributed by atoms with Crippen molar-refractivity contribution in [3.05, 3.63) is 60.8 Å². The molecular weight excluding hydrogens is 526 g/mol. The third-order valence-corrected chi connectivity index (χ3v) is 7.35. The number of nitrogens with one attached hydrogen (secondary N) is 1. The number of nitrogens with zero attached hydrogens (tertiary/aromatic N) is 6. The molecule has 0 bridgehead atoms. The van der Waals surface area contributed by atoms with Gasteiger partial charge in [0.05, 0.1) is 37.4 Å². The number of anilines is 2. The van der Waals surface area contributed by atoms with Crippen LogP contribution in [-0.2, 0) is 9.53 Å². The monoisotopic (exact) mass is 557 g/mol. The molecule has 41 heavy (non-hydrogen) atoms. The van der Waals surface area contributed by atoms with Gasteiger partial charge in [0.2, 0.25) is 0 Å². The summed E-state index contributed by atoms with van der Waals surface area (Å²) in [5.41, 5.74) is 2.14. The smallest absolute Gasteiger partial charge is 0.417 e. The summed E-state index contributed by atoms with van der Waals surface area (Å²) in [4.78, 5) is 37.5. The molecule has 4 heterocycles. The first-order valence-corrected chi connectivity index (χ1v) is 13.7. The molecule has 12 heteroatoms. The van der Waals surface area contributed by atoms with Crippen molar-refractivity contribution in [2.75, 3.05) is 56.2 Å². The third kappa shape index (κ3) is 6.13. The minimum absolute atomic E-state index is 0.0505. The Hall–Kier alpha value is -4.55.